The van der Waals surface area contributed by atoms with Crippen LogP contribution in [-0.2, 0) is 16.0 Å². The zero-order valence-corrected chi connectivity index (χ0v) is 13.5. The average molecular weight is 331 g/mol. The number of nitrogens with one attached hydrogen (secondary N) is 3. The van der Waals surface area contributed by atoms with Crippen LogP contribution in [-0.4, -0.2) is 58.8 Å². The van der Waals surface area contributed by atoms with Crippen LogP contribution >= 0.6 is 0 Å². The number of H-pyrrole nitrogens is 2. The summed E-state index contributed by atoms with van der Waals surface area (Å²) in [6, 6.07) is 9.29. The Kier molecular flexibility index (Phi) is 5.07. The Hall–Kier alpha value is -2.45. The van der Waals surface area contributed by atoms with E-state index in [1.54, 1.807) is 0 Å². The Morgan fingerprint density at radius 1 is 1.46 bits per heavy atom. The van der Waals surface area contributed by atoms with E-state index in [2.05, 4.69) is 25.4 Å². The molecule has 8 nitrogen and oxygen atoms in total. The van der Waals surface area contributed by atoms with Gasteiger partial charge in [-0.15, -0.1) is 0 Å². The summed E-state index contributed by atoms with van der Waals surface area (Å²) in [7, 11) is 1.95. The summed E-state index contributed by atoms with van der Waals surface area (Å²) in [5.41, 5.74) is 0.638. The van der Waals surface area contributed by atoms with Crippen LogP contribution in [0, 0.1) is 0 Å². The van der Waals surface area contributed by atoms with Crippen molar-refractivity contribution in [1.82, 2.24) is 25.4 Å². The molecule has 0 bridgehead atoms. The normalized spacial score (nSPS) is 19.8. The monoisotopic (exact) mass is 331 g/mol. The average Bonchev–Trinajstić information content (AvgIpc) is 3.01. The summed E-state index contributed by atoms with van der Waals surface area (Å²) in [4.78, 5) is 28.6. The fraction of sp³-hybridized carbons (Fsp3) is 0.438. The Labute approximate surface area is 139 Å². The summed E-state index contributed by atoms with van der Waals surface area (Å²) in [6.45, 7) is 1.88. The molecule has 0 spiro atoms. The quantitative estimate of drug-likeness (QED) is 0.706. The van der Waals surface area contributed by atoms with E-state index in [1.807, 2.05) is 37.4 Å². The topological polar surface area (TPSA) is 103 Å². The summed E-state index contributed by atoms with van der Waals surface area (Å²) < 4.78 is 5.55. The maximum atomic E-state index is 12.5. The lowest BCUT2D eigenvalue weighted by atomic mass is 10.0. The second-order valence-corrected chi connectivity index (χ2v) is 5.94. The minimum Gasteiger partial charge on any atom is -0.366 e. The number of aromatic amines is 2. The van der Waals surface area contributed by atoms with Crippen LogP contribution in [0.1, 0.15) is 17.4 Å². The smallest absolute Gasteiger partial charge is 0.340 e. The Morgan fingerprint density at radius 2 is 2.25 bits per heavy atom. The highest BCUT2D eigenvalue weighted by molar-refractivity contribution is 5.81. The number of carbonyl (C=O) groups is 1. The molecule has 0 radical (unpaired) electrons. The fourth-order valence-electron chi connectivity index (χ4n) is 2.72. The van der Waals surface area contributed by atoms with E-state index < -0.39 is 17.8 Å². The van der Waals surface area contributed by atoms with Crippen LogP contribution in [0.3, 0.4) is 0 Å². The third kappa shape index (κ3) is 4.09. The predicted molar refractivity (Wildman–Crippen MR) is 87.5 cm³/mol. The summed E-state index contributed by atoms with van der Waals surface area (Å²) in [5.74, 6) is 0.202. The molecule has 128 valence electrons. The van der Waals surface area contributed by atoms with Crippen LogP contribution in [0.25, 0.3) is 0 Å². The van der Waals surface area contributed by atoms with Crippen molar-refractivity contribution < 1.29 is 9.53 Å². The van der Waals surface area contributed by atoms with E-state index in [9.17, 15) is 9.59 Å². The van der Waals surface area contributed by atoms with E-state index in [-0.39, 0.29) is 5.91 Å². The molecule has 2 aromatic rings. The molecule has 3 N–H and O–H groups in total. The number of benzene rings is 1. The number of hydrogen-bond acceptors (Lipinski definition) is 5. The number of aromatic nitrogens is 3. The zero-order valence-electron chi connectivity index (χ0n) is 13.5. The molecule has 2 atom stereocenters. The van der Waals surface area contributed by atoms with Crippen LogP contribution in [0.15, 0.2) is 35.1 Å². The first-order valence-corrected chi connectivity index (χ1v) is 7.91. The SMILES string of the molecule is CN1CCO[C@H](C(=O)N[C@@H](Cc2ccccc2)c2n[nH]c(=O)[nH]2)C1. The van der Waals surface area contributed by atoms with Gasteiger partial charge in [0, 0.05) is 13.1 Å². The molecular weight excluding hydrogens is 310 g/mol. The van der Waals surface area contributed by atoms with Gasteiger partial charge < -0.3 is 15.0 Å². The number of likely N-dealkylation sites (N-methyl/N-ethyl adjacent to an activating group) is 1. The maximum Gasteiger partial charge on any atom is 0.340 e. The number of amides is 1. The van der Waals surface area contributed by atoms with Crippen molar-refractivity contribution in [3.8, 4) is 0 Å². The van der Waals surface area contributed by atoms with Gasteiger partial charge in [0.2, 0.25) is 0 Å². The molecule has 1 fully saturated rings. The van der Waals surface area contributed by atoms with Gasteiger partial charge in [-0.2, -0.15) is 5.10 Å². The van der Waals surface area contributed by atoms with Crippen LogP contribution in [0.2, 0.25) is 0 Å². The predicted octanol–water partition coefficient (Wildman–Crippen LogP) is -0.171. The van der Waals surface area contributed by atoms with Crippen molar-refractivity contribution in [2.45, 2.75) is 18.6 Å². The lowest BCUT2D eigenvalue weighted by Gasteiger charge is -2.30. The first-order valence-electron chi connectivity index (χ1n) is 7.91. The molecule has 1 aromatic carbocycles. The van der Waals surface area contributed by atoms with Gasteiger partial charge in [-0.05, 0) is 19.0 Å². The second kappa shape index (κ2) is 7.41. The largest absolute Gasteiger partial charge is 0.366 e. The lowest BCUT2D eigenvalue weighted by Crippen LogP contribution is -2.49. The van der Waals surface area contributed by atoms with Crippen molar-refractivity contribution in [2.24, 2.45) is 0 Å². The molecule has 8 heteroatoms. The molecule has 24 heavy (non-hydrogen) atoms. The Morgan fingerprint density at radius 3 is 2.92 bits per heavy atom. The molecule has 1 saturated heterocycles. The van der Waals surface area contributed by atoms with Crippen molar-refractivity contribution in [3.63, 3.8) is 0 Å². The minimum atomic E-state index is -0.521. The summed E-state index contributed by atoms with van der Waals surface area (Å²) >= 11 is 0. The van der Waals surface area contributed by atoms with Crippen LogP contribution in [0.4, 0.5) is 0 Å². The Balaban J connectivity index is 1.74. The van der Waals surface area contributed by atoms with E-state index >= 15 is 0 Å². The second-order valence-electron chi connectivity index (χ2n) is 5.94. The molecule has 1 aliphatic rings. The van der Waals surface area contributed by atoms with Gasteiger partial charge >= 0.3 is 5.69 Å². The number of hydrogen-bond donors (Lipinski definition) is 3. The highest BCUT2D eigenvalue weighted by Gasteiger charge is 2.28. The molecule has 1 aromatic heterocycles. The van der Waals surface area contributed by atoms with Gasteiger partial charge in [-0.1, -0.05) is 30.3 Å². The lowest BCUT2D eigenvalue weighted by molar-refractivity contribution is -0.138. The van der Waals surface area contributed by atoms with Crippen molar-refractivity contribution in [3.05, 3.63) is 52.2 Å². The number of carbonyl (C=O) groups excluding carboxylic acids is 1. The van der Waals surface area contributed by atoms with E-state index in [0.717, 1.165) is 12.1 Å². The van der Waals surface area contributed by atoms with E-state index in [1.165, 1.54) is 0 Å². The van der Waals surface area contributed by atoms with Crippen molar-refractivity contribution in [2.75, 3.05) is 26.7 Å². The fourth-order valence-corrected chi connectivity index (χ4v) is 2.72. The van der Waals surface area contributed by atoms with E-state index in [4.69, 9.17) is 4.74 Å². The minimum absolute atomic E-state index is 0.202. The van der Waals surface area contributed by atoms with E-state index in [0.29, 0.717) is 25.4 Å². The number of rotatable bonds is 5. The maximum absolute atomic E-state index is 12.5. The molecule has 0 saturated carbocycles. The Bertz CT molecular complexity index is 727. The first-order chi connectivity index (χ1) is 11.6. The molecule has 0 unspecified atom stereocenters. The zero-order chi connectivity index (χ0) is 16.9. The molecule has 0 aliphatic carbocycles. The van der Waals surface area contributed by atoms with Gasteiger partial charge in [0.05, 0.1) is 12.6 Å². The highest BCUT2D eigenvalue weighted by atomic mass is 16.5. The third-order valence-electron chi connectivity index (χ3n) is 4.01. The number of morpholine rings is 1. The first kappa shape index (κ1) is 16.4. The van der Waals surface area contributed by atoms with Crippen LogP contribution in [0.5, 0.6) is 0 Å². The molecule has 1 aliphatic heterocycles. The van der Waals surface area contributed by atoms with Crippen LogP contribution < -0.4 is 11.0 Å². The third-order valence-corrected chi connectivity index (χ3v) is 4.01. The standard InChI is InChI=1S/C16H21N5O3/c1-21-7-8-24-13(10-21)15(22)17-12(14-18-16(23)20-19-14)9-11-5-3-2-4-6-11/h2-6,12-13H,7-10H2,1H3,(H,17,22)(H2,18,19,20,23)/t12-,13-/m0/s1. The van der Waals surface area contributed by atoms with Crippen molar-refractivity contribution >= 4 is 5.91 Å². The van der Waals surface area contributed by atoms with Gasteiger partial charge in [0.15, 0.2) is 5.82 Å². The summed E-state index contributed by atoms with van der Waals surface area (Å²) in [5, 5.41) is 9.25. The van der Waals surface area contributed by atoms with Gasteiger partial charge in [0.25, 0.3) is 5.91 Å². The molecular formula is C16H21N5O3. The molecule has 1 amide bonds. The van der Waals surface area contributed by atoms with Gasteiger partial charge in [0.1, 0.15) is 6.10 Å². The molecule has 2 heterocycles. The number of ether oxygens (including phenoxy) is 1. The van der Waals surface area contributed by atoms with Crippen molar-refractivity contribution in [1.29, 1.82) is 0 Å². The highest BCUT2D eigenvalue weighted by Crippen LogP contribution is 2.15. The molecule has 3 rings (SSSR count). The summed E-state index contributed by atoms with van der Waals surface area (Å²) in [6.07, 6.45) is 0.00308. The van der Waals surface area contributed by atoms with Gasteiger partial charge in [-0.3, -0.25) is 9.78 Å². The van der Waals surface area contributed by atoms with Gasteiger partial charge in [-0.25, -0.2) is 9.89 Å². The number of nitrogens with zero attached hydrogens (tertiary/aromatic N) is 2.